The molecular weight excluding hydrogens is 422 g/mol. The van der Waals surface area contributed by atoms with Crippen molar-refractivity contribution in [2.24, 2.45) is 0 Å². The van der Waals surface area contributed by atoms with Gasteiger partial charge in [-0.3, -0.25) is 4.98 Å². The van der Waals surface area contributed by atoms with Gasteiger partial charge in [-0.1, -0.05) is 0 Å². The zero-order chi connectivity index (χ0) is 23.1. The van der Waals surface area contributed by atoms with Crippen molar-refractivity contribution >= 4 is 32.7 Å². The van der Waals surface area contributed by atoms with Gasteiger partial charge in [0.1, 0.15) is 22.7 Å². The fraction of sp³-hybridized carbons (Fsp3) is 0.192. The van der Waals surface area contributed by atoms with E-state index in [1.807, 2.05) is 38.1 Å². The third-order valence-corrected chi connectivity index (χ3v) is 5.46. The summed E-state index contributed by atoms with van der Waals surface area (Å²) < 4.78 is 22.1. The Morgan fingerprint density at radius 2 is 1.45 bits per heavy atom. The zero-order valence-corrected chi connectivity index (χ0v) is 18.4. The van der Waals surface area contributed by atoms with Crippen LogP contribution in [0, 0.1) is 6.92 Å². The van der Waals surface area contributed by atoms with Gasteiger partial charge in [0.05, 0.1) is 35.6 Å². The molecule has 0 aliphatic rings. The van der Waals surface area contributed by atoms with E-state index in [2.05, 4.69) is 4.98 Å². The first-order chi connectivity index (χ1) is 16.0. The zero-order valence-electron chi connectivity index (χ0n) is 18.4. The summed E-state index contributed by atoms with van der Waals surface area (Å²) in [5.41, 5.74) is 1.03. The quantitative estimate of drug-likeness (QED) is 0.272. The third-order valence-electron chi connectivity index (χ3n) is 5.46. The molecule has 0 atom stereocenters. The second-order valence-electron chi connectivity index (χ2n) is 7.58. The number of benzene rings is 2. The number of aryl methyl sites for hydroxylation is 1. The van der Waals surface area contributed by atoms with Crippen molar-refractivity contribution in [1.82, 2.24) is 4.98 Å². The van der Waals surface area contributed by atoms with Crippen LogP contribution in [0.15, 0.2) is 67.0 Å². The number of ether oxygens (including phenoxy) is 2. The predicted molar refractivity (Wildman–Crippen MR) is 126 cm³/mol. The van der Waals surface area contributed by atoms with E-state index < -0.39 is 11.3 Å². The fourth-order valence-electron chi connectivity index (χ4n) is 4.02. The molecule has 0 bridgehead atoms. The molecule has 0 N–H and O–H groups in total. The van der Waals surface area contributed by atoms with Crippen LogP contribution in [0.25, 0.3) is 44.0 Å². The van der Waals surface area contributed by atoms with Crippen molar-refractivity contribution < 1.29 is 18.3 Å². The van der Waals surface area contributed by atoms with Crippen molar-refractivity contribution in [3.05, 3.63) is 75.1 Å². The number of rotatable bonds is 5. The van der Waals surface area contributed by atoms with Gasteiger partial charge in [-0.15, -0.1) is 0 Å². The van der Waals surface area contributed by atoms with Crippen LogP contribution in [0.5, 0.6) is 11.5 Å². The predicted octanol–water partition coefficient (Wildman–Crippen LogP) is 5.22. The summed E-state index contributed by atoms with van der Waals surface area (Å²) in [5, 5.41) is 2.50. The summed E-state index contributed by atoms with van der Waals surface area (Å²) in [7, 11) is 0. The maximum Gasteiger partial charge on any atom is 0.346 e. The first kappa shape index (κ1) is 20.8. The van der Waals surface area contributed by atoms with E-state index in [0.29, 0.717) is 63.6 Å². The molecule has 0 aliphatic heterocycles. The molecule has 166 valence electrons. The second-order valence-corrected chi connectivity index (χ2v) is 7.58. The molecule has 5 aromatic rings. The lowest BCUT2D eigenvalue weighted by atomic mass is 10.0. The monoisotopic (exact) mass is 443 g/mol. The lowest BCUT2D eigenvalue weighted by molar-refractivity contribution is 0.340. The van der Waals surface area contributed by atoms with Crippen LogP contribution in [0.2, 0.25) is 0 Å². The third kappa shape index (κ3) is 3.61. The minimum absolute atomic E-state index is 0.309. The molecule has 0 saturated carbocycles. The Morgan fingerprint density at radius 3 is 2.18 bits per heavy atom. The number of hydrogen-bond acceptors (Lipinski definition) is 7. The Labute approximate surface area is 188 Å². The molecule has 0 spiro atoms. The van der Waals surface area contributed by atoms with Crippen LogP contribution < -0.4 is 20.7 Å². The van der Waals surface area contributed by atoms with Gasteiger partial charge in [0.25, 0.3) is 0 Å². The van der Waals surface area contributed by atoms with Crippen molar-refractivity contribution in [2.75, 3.05) is 13.2 Å². The second kappa shape index (κ2) is 8.09. The molecule has 7 nitrogen and oxygen atoms in total. The van der Waals surface area contributed by atoms with E-state index in [0.717, 1.165) is 10.8 Å². The van der Waals surface area contributed by atoms with Crippen LogP contribution in [-0.2, 0) is 0 Å². The summed E-state index contributed by atoms with van der Waals surface area (Å²) in [6, 6.07) is 14.2. The van der Waals surface area contributed by atoms with Crippen molar-refractivity contribution in [2.45, 2.75) is 20.8 Å². The molecule has 5 rings (SSSR count). The molecule has 0 unspecified atom stereocenters. The summed E-state index contributed by atoms with van der Waals surface area (Å²) in [4.78, 5) is 30.1. The summed E-state index contributed by atoms with van der Waals surface area (Å²) in [6.07, 6.45) is 0. The summed E-state index contributed by atoms with van der Waals surface area (Å²) in [5.74, 6) is 1.24. The SMILES string of the molecule is CCOc1ccc2cc(-c3cc4c(c(C)n3)c(=O)oc3cc(OCC)ccc34)c(=O)oc2c1. The Bertz CT molecular complexity index is 1650. The minimum Gasteiger partial charge on any atom is -0.494 e. The highest BCUT2D eigenvalue weighted by Gasteiger charge is 2.17. The van der Waals surface area contributed by atoms with E-state index in [1.54, 1.807) is 31.2 Å². The van der Waals surface area contributed by atoms with Gasteiger partial charge < -0.3 is 18.3 Å². The number of fused-ring (bicyclic) bond motifs is 4. The smallest absolute Gasteiger partial charge is 0.346 e. The van der Waals surface area contributed by atoms with E-state index in [4.69, 9.17) is 18.3 Å². The molecule has 0 fully saturated rings. The molecule has 7 heteroatoms. The fourth-order valence-corrected chi connectivity index (χ4v) is 4.02. The van der Waals surface area contributed by atoms with Crippen LogP contribution in [0.1, 0.15) is 19.5 Å². The number of pyridine rings is 1. The number of nitrogens with zero attached hydrogens (tertiary/aromatic N) is 1. The van der Waals surface area contributed by atoms with Gasteiger partial charge in [0.15, 0.2) is 0 Å². The van der Waals surface area contributed by atoms with E-state index in [-0.39, 0.29) is 0 Å². The Balaban J connectivity index is 1.74. The highest BCUT2D eigenvalue weighted by Crippen LogP contribution is 2.31. The molecule has 0 saturated heterocycles. The highest BCUT2D eigenvalue weighted by atomic mass is 16.5. The average molecular weight is 443 g/mol. The van der Waals surface area contributed by atoms with Crippen molar-refractivity contribution in [3.8, 4) is 22.8 Å². The van der Waals surface area contributed by atoms with Gasteiger partial charge in [0.2, 0.25) is 0 Å². The van der Waals surface area contributed by atoms with Crippen LogP contribution in [-0.4, -0.2) is 18.2 Å². The van der Waals surface area contributed by atoms with E-state index in [9.17, 15) is 9.59 Å². The number of hydrogen-bond donors (Lipinski definition) is 0. The van der Waals surface area contributed by atoms with Gasteiger partial charge in [-0.05, 0) is 57.2 Å². The average Bonchev–Trinajstić information content (AvgIpc) is 2.78. The first-order valence-corrected chi connectivity index (χ1v) is 10.7. The molecule has 3 heterocycles. The first-order valence-electron chi connectivity index (χ1n) is 10.7. The maximum absolute atomic E-state index is 12.9. The van der Waals surface area contributed by atoms with E-state index in [1.165, 1.54) is 0 Å². The van der Waals surface area contributed by atoms with E-state index >= 15 is 0 Å². The van der Waals surface area contributed by atoms with Crippen LogP contribution >= 0.6 is 0 Å². The standard InChI is InChI=1S/C26H21NO6/c1-4-30-16-7-6-15-10-20(25(28)32-22(15)11-16)21-13-19-18-9-8-17(31-5-2)12-23(18)33-26(29)24(19)14(3)27-21/h6-13H,4-5H2,1-3H3. The van der Waals surface area contributed by atoms with Crippen LogP contribution in [0.3, 0.4) is 0 Å². The summed E-state index contributed by atoms with van der Waals surface area (Å²) in [6.45, 7) is 6.51. The Kier molecular flexibility index (Phi) is 5.09. The maximum atomic E-state index is 12.9. The molecule has 0 aliphatic carbocycles. The lowest BCUT2D eigenvalue weighted by Gasteiger charge is -2.10. The molecule has 0 radical (unpaired) electrons. The summed E-state index contributed by atoms with van der Waals surface area (Å²) >= 11 is 0. The molecule has 0 amide bonds. The van der Waals surface area contributed by atoms with Gasteiger partial charge in [0, 0.05) is 28.3 Å². The molecule has 33 heavy (non-hydrogen) atoms. The van der Waals surface area contributed by atoms with Gasteiger partial charge in [-0.25, -0.2) is 9.59 Å². The lowest BCUT2D eigenvalue weighted by Crippen LogP contribution is -2.08. The van der Waals surface area contributed by atoms with Crippen LogP contribution in [0.4, 0.5) is 0 Å². The van der Waals surface area contributed by atoms with Crippen molar-refractivity contribution in [1.29, 1.82) is 0 Å². The Morgan fingerprint density at radius 1 is 0.788 bits per heavy atom. The largest absolute Gasteiger partial charge is 0.494 e. The van der Waals surface area contributed by atoms with Gasteiger partial charge >= 0.3 is 11.3 Å². The minimum atomic E-state index is -0.520. The molecule has 3 aromatic heterocycles. The highest BCUT2D eigenvalue weighted by molar-refractivity contribution is 6.06. The molecule has 2 aromatic carbocycles. The van der Waals surface area contributed by atoms with Crippen molar-refractivity contribution in [3.63, 3.8) is 0 Å². The normalized spacial score (nSPS) is 11.4. The van der Waals surface area contributed by atoms with Gasteiger partial charge in [-0.2, -0.15) is 0 Å². The topological polar surface area (TPSA) is 91.8 Å². The number of aromatic nitrogens is 1. The molecular formula is C26H21NO6. The Hall–Kier alpha value is -4.13.